The molecular formula is C13H17F2NO3S. The molecular weight excluding hydrogens is 288 g/mol. The minimum Gasteiger partial charge on any atom is -0.477 e. The Labute approximate surface area is 118 Å². The van der Waals surface area contributed by atoms with E-state index in [0.717, 1.165) is 0 Å². The fourth-order valence-corrected chi connectivity index (χ4v) is 2.26. The van der Waals surface area contributed by atoms with Crippen LogP contribution in [0.1, 0.15) is 32.4 Å². The molecule has 7 heteroatoms. The molecule has 20 heavy (non-hydrogen) atoms. The van der Waals surface area contributed by atoms with Gasteiger partial charge in [-0.25, -0.2) is 13.7 Å². The maximum absolute atomic E-state index is 13.8. The standard InChI is InChI=1S/C13H17F2NO3S/c1-12(2,3)20(19)16-10(13(14,15)11(17)18)9-7-5-4-6-8-9/h4-8,10,16H,1-3H3,(H,17,18). The number of aliphatic carboxylic acids is 1. The van der Waals surface area contributed by atoms with E-state index in [2.05, 4.69) is 4.72 Å². The summed E-state index contributed by atoms with van der Waals surface area (Å²) in [4.78, 5) is 10.8. The number of carboxylic acid groups (broad SMARTS) is 1. The van der Waals surface area contributed by atoms with Crippen LogP contribution in [0.2, 0.25) is 0 Å². The molecule has 0 saturated heterocycles. The molecule has 0 spiro atoms. The molecule has 0 aliphatic rings. The highest BCUT2D eigenvalue weighted by Gasteiger charge is 2.49. The van der Waals surface area contributed by atoms with Crippen molar-refractivity contribution in [3.63, 3.8) is 0 Å². The topological polar surface area (TPSA) is 66.4 Å². The molecule has 4 nitrogen and oxygen atoms in total. The SMILES string of the molecule is CC(C)(C)S(=O)NC(c1ccccc1)C(F)(F)C(=O)O. The predicted molar refractivity (Wildman–Crippen MR) is 72.8 cm³/mol. The van der Waals surface area contributed by atoms with E-state index in [1.54, 1.807) is 26.8 Å². The Morgan fingerprint density at radius 1 is 1.25 bits per heavy atom. The number of hydrogen-bond acceptors (Lipinski definition) is 2. The molecule has 1 aromatic carbocycles. The fraction of sp³-hybridized carbons (Fsp3) is 0.462. The Balaban J connectivity index is 3.17. The number of halogens is 2. The lowest BCUT2D eigenvalue weighted by Gasteiger charge is -2.28. The summed E-state index contributed by atoms with van der Waals surface area (Å²) in [5, 5.41) is 8.70. The molecule has 112 valence electrons. The second-order valence-corrected chi connectivity index (χ2v) is 7.27. The van der Waals surface area contributed by atoms with Crippen molar-refractivity contribution in [2.45, 2.75) is 37.5 Å². The Kier molecular flexibility index (Phi) is 4.99. The molecule has 2 N–H and O–H groups in total. The maximum Gasteiger partial charge on any atom is 0.376 e. The van der Waals surface area contributed by atoms with Crippen LogP contribution in [0.15, 0.2) is 30.3 Å². The minimum atomic E-state index is -4.07. The zero-order valence-corrected chi connectivity index (χ0v) is 12.2. The van der Waals surface area contributed by atoms with Crippen LogP contribution >= 0.6 is 0 Å². The smallest absolute Gasteiger partial charge is 0.376 e. The van der Waals surface area contributed by atoms with Gasteiger partial charge < -0.3 is 5.11 Å². The lowest BCUT2D eigenvalue weighted by atomic mass is 10.0. The molecule has 0 aliphatic carbocycles. The first-order valence-electron chi connectivity index (χ1n) is 5.91. The number of nitrogens with one attached hydrogen (secondary N) is 1. The van der Waals surface area contributed by atoms with E-state index in [1.807, 2.05) is 0 Å². The highest BCUT2D eigenvalue weighted by Crippen LogP contribution is 2.32. The first-order chi connectivity index (χ1) is 9.06. The Morgan fingerprint density at radius 2 is 1.75 bits per heavy atom. The van der Waals surface area contributed by atoms with Crippen molar-refractivity contribution in [1.29, 1.82) is 0 Å². The lowest BCUT2D eigenvalue weighted by Crippen LogP contribution is -2.47. The van der Waals surface area contributed by atoms with Gasteiger partial charge in [-0.05, 0) is 26.3 Å². The Morgan fingerprint density at radius 3 is 2.15 bits per heavy atom. The van der Waals surface area contributed by atoms with E-state index in [4.69, 9.17) is 5.11 Å². The number of hydrogen-bond donors (Lipinski definition) is 2. The second-order valence-electron chi connectivity index (χ2n) is 5.27. The van der Waals surface area contributed by atoms with Crippen LogP contribution in [-0.4, -0.2) is 26.0 Å². The van der Waals surface area contributed by atoms with E-state index in [0.29, 0.717) is 0 Å². The van der Waals surface area contributed by atoms with Crippen molar-refractivity contribution in [1.82, 2.24) is 4.72 Å². The van der Waals surface area contributed by atoms with Crippen molar-refractivity contribution in [2.24, 2.45) is 0 Å². The Hall–Kier alpha value is -1.34. The third-order valence-electron chi connectivity index (χ3n) is 2.56. The summed E-state index contributed by atoms with van der Waals surface area (Å²) in [6.07, 6.45) is 0. The highest BCUT2D eigenvalue weighted by molar-refractivity contribution is 7.84. The normalized spacial score (nSPS) is 15.7. The predicted octanol–water partition coefficient (Wildman–Crippen LogP) is 2.50. The molecule has 1 rings (SSSR count). The summed E-state index contributed by atoms with van der Waals surface area (Å²) >= 11 is 0. The van der Waals surface area contributed by atoms with Crippen LogP contribution in [-0.2, 0) is 15.8 Å². The minimum absolute atomic E-state index is 0.0671. The fourth-order valence-electron chi connectivity index (χ4n) is 1.40. The molecule has 2 unspecified atom stereocenters. The largest absolute Gasteiger partial charge is 0.477 e. The first kappa shape index (κ1) is 16.7. The third-order valence-corrected chi connectivity index (χ3v) is 4.12. The molecule has 1 aromatic rings. The summed E-state index contributed by atoms with van der Waals surface area (Å²) in [6, 6.07) is 5.54. The average molecular weight is 305 g/mol. The summed E-state index contributed by atoms with van der Waals surface area (Å²) in [5.41, 5.74) is 0.0671. The van der Waals surface area contributed by atoms with Gasteiger partial charge in [0.2, 0.25) is 0 Å². The molecule has 0 amide bonds. The van der Waals surface area contributed by atoms with Gasteiger partial charge in [0.1, 0.15) is 6.04 Å². The first-order valence-corrected chi connectivity index (χ1v) is 7.06. The Bertz CT molecular complexity index is 500. The molecule has 0 fully saturated rings. The van der Waals surface area contributed by atoms with Crippen molar-refractivity contribution >= 4 is 17.0 Å². The quantitative estimate of drug-likeness (QED) is 0.878. The molecule has 2 atom stereocenters. The van der Waals surface area contributed by atoms with Gasteiger partial charge in [0.25, 0.3) is 0 Å². The lowest BCUT2D eigenvalue weighted by molar-refractivity contribution is -0.168. The van der Waals surface area contributed by atoms with Crippen LogP contribution in [0.5, 0.6) is 0 Å². The van der Waals surface area contributed by atoms with Crippen molar-refractivity contribution < 1.29 is 22.9 Å². The van der Waals surface area contributed by atoms with E-state index < -0.39 is 33.7 Å². The third kappa shape index (κ3) is 3.83. The highest BCUT2D eigenvalue weighted by atomic mass is 32.2. The zero-order valence-electron chi connectivity index (χ0n) is 11.4. The summed E-state index contributed by atoms with van der Waals surface area (Å²) in [5.74, 6) is -6.33. The maximum atomic E-state index is 13.8. The molecule has 0 aliphatic heterocycles. The van der Waals surface area contributed by atoms with E-state index in [9.17, 15) is 17.8 Å². The van der Waals surface area contributed by atoms with E-state index in [-0.39, 0.29) is 5.56 Å². The van der Waals surface area contributed by atoms with Crippen LogP contribution in [0, 0.1) is 0 Å². The number of carboxylic acids is 1. The van der Waals surface area contributed by atoms with Gasteiger partial charge in [0.15, 0.2) is 0 Å². The van der Waals surface area contributed by atoms with Gasteiger partial charge in [-0.1, -0.05) is 30.3 Å². The molecule has 0 bridgehead atoms. The van der Waals surface area contributed by atoms with Crippen LogP contribution in [0.25, 0.3) is 0 Å². The molecule has 0 saturated carbocycles. The van der Waals surface area contributed by atoms with Crippen molar-refractivity contribution in [3.8, 4) is 0 Å². The van der Waals surface area contributed by atoms with Gasteiger partial charge >= 0.3 is 11.9 Å². The monoisotopic (exact) mass is 305 g/mol. The second kappa shape index (κ2) is 5.97. The van der Waals surface area contributed by atoms with Crippen LogP contribution in [0.3, 0.4) is 0 Å². The van der Waals surface area contributed by atoms with E-state index >= 15 is 0 Å². The van der Waals surface area contributed by atoms with Gasteiger partial charge in [0, 0.05) is 0 Å². The van der Waals surface area contributed by atoms with Gasteiger partial charge in [-0.2, -0.15) is 8.78 Å². The van der Waals surface area contributed by atoms with Crippen molar-refractivity contribution in [2.75, 3.05) is 0 Å². The summed E-state index contributed by atoms with van der Waals surface area (Å²) < 4.78 is 41.1. The number of carbonyl (C=O) groups is 1. The molecule has 0 heterocycles. The number of rotatable bonds is 5. The number of alkyl halides is 2. The summed E-state index contributed by atoms with van der Waals surface area (Å²) in [7, 11) is -1.82. The van der Waals surface area contributed by atoms with Gasteiger partial charge in [-0.3, -0.25) is 0 Å². The van der Waals surface area contributed by atoms with Crippen molar-refractivity contribution in [3.05, 3.63) is 35.9 Å². The molecule has 0 aromatic heterocycles. The average Bonchev–Trinajstić information content (AvgIpc) is 2.35. The zero-order chi connectivity index (χ0) is 15.6. The summed E-state index contributed by atoms with van der Waals surface area (Å²) in [6.45, 7) is 4.82. The van der Waals surface area contributed by atoms with Crippen LogP contribution < -0.4 is 4.72 Å². The van der Waals surface area contributed by atoms with E-state index in [1.165, 1.54) is 24.3 Å². The van der Waals surface area contributed by atoms with Gasteiger partial charge in [-0.15, -0.1) is 0 Å². The number of benzene rings is 1. The molecule has 0 radical (unpaired) electrons. The van der Waals surface area contributed by atoms with Gasteiger partial charge in [0.05, 0.1) is 15.7 Å². The van der Waals surface area contributed by atoms with Crippen LogP contribution in [0.4, 0.5) is 8.78 Å².